The zero-order chi connectivity index (χ0) is 12.6. The van der Waals surface area contributed by atoms with Gasteiger partial charge in [-0.15, -0.1) is 11.8 Å². The third kappa shape index (κ3) is 2.12. The molecule has 2 rings (SSSR count). The smallest absolute Gasteiger partial charge is 0.321 e. The molecule has 2 heterocycles. The summed E-state index contributed by atoms with van der Waals surface area (Å²) < 4.78 is 6.97. The number of rotatable bonds is 3. The molecule has 6 nitrogen and oxygen atoms in total. The van der Waals surface area contributed by atoms with Crippen molar-refractivity contribution in [3.8, 4) is 5.88 Å². The summed E-state index contributed by atoms with van der Waals surface area (Å²) >= 11 is 1.56. The van der Waals surface area contributed by atoms with Gasteiger partial charge in [0.2, 0.25) is 5.88 Å². The normalized spacial score (nSPS) is 23.9. The maximum atomic E-state index is 10.9. The highest BCUT2D eigenvalue weighted by Gasteiger charge is 2.34. The molecule has 2 atom stereocenters. The molecule has 2 N–H and O–H groups in total. The Morgan fingerprint density at radius 1 is 1.71 bits per heavy atom. The van der Waals surface area contributed by atoms with Crippen LogP contribution in [0.25, 0.3) is 0 Å². The van der Waals surface area contributed by atoms with E-state index in [9.17, 15) is 4.79 Å². The van der Waals surface area contributed by atoms with Gasteiger partial charge < -0.3 is 9.84 Å². The van der Waals surface area contributed by atoms with Crippen molar-refractivity contribution in [3.63, 3.8) is 0 Å². The standard InChI is InChI=1S/C10H15N3O3S/c1-5-7(9(16-3)13(2)12-5)8-11-6(4-17-8)10(14)15/h6,8,11H,4H2,1-3H3,(H,14,15)/t6-,8?/m1/s1. The molecule has 17 heavy (non-hydrogen) atoms. The molecule has 1 aromatic heterocycles. The molecule has 0 bridgehead atoms. The first-order valence-electron chi connectivity index (χ1n) is 5.22. The van der Waals surface area contributed by atoms with Gasteiger partial charge >= 0.3 is 5.97 Å². The lowest BCUT2D eigenvalue weighted by atomic mass is 10.2. The molecular formula is C10H15N3O3S. The number of hydrogen-bond donors (Lipinski definition) is 2. The monoisotopic (exact) mass is 257 g/mol. The third-order valence-corrected chi connectivity index (χ3v) is 3.98. The second-order valence-corrected chi connectivity index (χ2v) is 5.04. The minimum atomic E-state index is -0.819. The predicted molar refractivity (Wildman–Crippen MR) is 64.3 cm³/mol. The molecule has 1 aromatic rings. The van der Waals surface area contributed by atoms with E-state index in [0.717, 1.165) is 11.3 Å². The Bertz CT molecular complexity index is 446. The topological polar surface area (TPSA) is 76.4 Å². The zero-order valence-corrected chi connectivity index (χ0v) is 10.7. The fraction of sp³-hybridized carbons (Fsp3) is 0.600. The van der Waals surface area contributed by atoms with Crippen LogP contribution >= 0.6 is 11.8 Å². The first-order valence-corrected chi connectivity index (χ1v) is 6.27. The molecule has 1 aliphatic heterocycles. The minimum absolute atomic E-state index is 0.0697. The van der Waals surface area contributed by atoms with E-state index in [-0.39, 0.29) is 5.37 Å². The molecule has 1 aliphatic rings. The average molecular weight is 257 g/mol. The number of aliphatic carboxylic acids is 1. The number of carboxylic acid groups (broad SMARTS) is 1. The van der Waals surface area contributed by atoms with Crippen LogP contribution in [0.4, 0.5) is 0 Å². The van der Waals surface area contributed by atoms with Gasteiger partial charge in [-0.25, -0.2) is 4.68 Å². The zero-order valence-electron chi connectivity index (χ0n) is 9.93. The van der Waals surface area contributed by atoms with Gasteiger partial charge in [0.15, 0.2) is 0 Å². The fourth-order valence-electron chi connectivity index (χ4n) is 1.98. The van der Waals surface area contributed by atoms with E-state index < -0.39 is 12.0 Å². The van der Waals surface area contributed by atoms with Crippen LogP contribution in [0.1, 0.15) is 16.6 Å². The molecule has 7 heteroatoms. The molecule has 0 radical (unpaired) electrons. The summed E-state index contributed by atoms with van der Waals surface area (Å²) in [5.41, 5.74) is 1.80. The average Bonchev–Trinajstić information content (AvgIpc) is 2.82. The highest BCUT2D eigenvalue weighted by molar-refractivity contribution is 7.99. The van der Waals surface area contributed by atoms with Gasteiger partial charge in [-0.05, 0) is 6.92 Å². The molecule has 0 spiro atoms. The number of methoxy groups -OCH3 is 1. The van der Waals surface area contributed by atoms with Gasteiger partial charge in [0.05, 0.1) is 23.7 Å². The Morgan fingerprint density at radius 2 is 2.41 bits per heavy atom. The lowest BCUT2D eigenvalue weighted by Crippen LogP contribution is -2.33. The first-order chi connectivity index (χ1) is 8.04. The van der Waals surface area contributed by atoms with Crippen molar-refractivity contribution in [1.82, 2.24) is 15.1 Å². The number of ether oxygens (including phenoxy) is 1. The molecule has 1 fully saturated rings. The van der Waals surface area contributed by atoms with Gasteiger partial charge in [0, 0.05) is 12.8 Å². The number of carbonyl (C=O) groups is 1. The van der Waals surface area contributed by atoms with Crippen molar-refractivity contribution in [2.24, 2.45) is 7.05 Å². The summed E-state index contributed by atoms with van der Waals surface area (Å²) in [4.78, 5) is 10.9. The van der Waals surface area contributed by atoms with Gasteiger partial charge in [0.25, 0.3) is 0 Å². The first kappa shape index (κ1) is 12.3. The summed E-state index contributed by atoms with van der Waals surface area (Å²) in [6.45, 7) is 1.90. The molecule has 0 aliphatic carbocycles. The number of nitrogens with zero attached hydrogens (tertiary/aromatic N) is 2. The van der Waals surface area contributed by atoms with E-state index in [1.807, 2.05) is 14.0 Å². The largest absolute Gasteiger partial charge is 0.481 e. The van der Waals surface area contributed by atoms with Gasteiger partial charge in [0.1, 0.15) is 6.04 Å². The van der Waals surface area contributed by atoms with Gasteiger partial charge in [-0.2, -0.15) is 5.10 Å². The van der Waals surface area contributed by atoms with Gasteiger partial charge in [-0.1, -0.05) is 0 Å². The van der Waals surface area contributed by atoms with Crippen LogP contribution in [0.5, 0.6) is 5.88 Å². The van der Waals surface area contributed by atoms with Crippen LogP contribution < -0.4 is 10.1 Å². The second-order valence-electron chi connectivity index (χ2n) is 3.90. The molecule has 0 aromatic carbocycles. The maximum absolute atomic E-state index is 10.9. The molecule has 1 saturated heterocycles. The van der Waals surface area contributed by atoms with E-state index in [1.54, 1.807) is 23.6 Å². The van der Waals surface area contributed by atoms with Crippen molar-refractivity contribution < 1.29 is 14.6 Å². The van der Waals surface area contributed by atoms with E-state index in [2.05, 4.69) is 10.4 Å². The number of aromatic nitrogens is 2. The second kappa shape index (κ2) is 4.58. The summed E-state index contributed by atoms with van der Waals surface area (Å²) in [6, 6.07) is -0.505. The number of aryl methyl sites for hydroxylation is 2. The minimum Gasteiger partial charge on any atom is -0.481 e. The Labute approximate surface area is 103 Å². The predicted octanol–water partition coefficient (Wildman–Crippen LogP) is 0.525. The summed E-state index contributed by atoms with van der Waals surface area (Å²) in [7, 11) is 3.40. The Balaban J connectivity index is 2.27. The Kier molecular flexibility index (Phi) is 3.30. The van der Waals surface area contributed by atoms with Crippen molar-refractivity contribution in [3.05, 3.63) is 11.3 Å². The van der Waals surface area contributed by atoms with E-state index >= 15 is 0 Å². The lowest BCUT2D eigenvalue weighted by molar-refractivity contribution is -0.138. The highest BCUT2D eigenvalue weighted by atomic mass is 32.2. The number of hydrogen-bond acceptors (Lipinski definition) is 5. The van der Waals surface area contributed by atoms with Gasteiger partial charge in [-0.3, -0.25) is 10.1 Å². The van der Waals surface area contributed by atoms with Crippen molar-refractivity contribution in [2.75, 3.05) is 12.9 Å². The van der Waals surface area contributed by atoms with Crippen LogP contribution in [0, 0.1) is 6.92 Å². The van der Waals surface area contributed by atoms with Crippen LogP contribution in [0.3, 0.4) is 0 Å². The maximum Gasteiger partial charge on any atom is 0.321 e. The number of nitrogens with one attached hydrogen (secondary N) is 1. The van der Waals surface area contributed by atoms with Crippen LogP contribution in [0.15, 0.2) is 0 Å². The summed E-state index contributed by atoms with van der Waals surface area (Å²) in [5.74, 6) is 0.413. The number of carboxylic acids is 1. The lowest BCUT2D eigenvalue weighted by Gasteiger charge is -2.12. The Hall–Kier alpha value is -1.21. The molecule has 94 valence electrons. The molecule has 1 unspecified atom stereocenters. The summed E-state index contributed by atoms with van der Waals surface area (Å²) in [5, 5.41) is 16.2. The van der Waals surface area contributed by atoms with E-state index in [1.165, 1.54) is 0 Å². The van der Waals surface area contributed by atoms with E-state index in [0.29, 0.717) is 11.6 Å². The quantitative estimate of drug-likeness (QED) is 0.822. The van der Waals surface area contributed by atoms with Crippen LogP contribution in [0.2, 0.25) is 0 Å². The summed E-state index contributed by atoms with van der Waals surface area (Å²) in [6.07, 6.45) is 0. The van der Waals surface area contributed by atoms with Crippen molar-refractivity contribution in [1.29, 1.82) is 0 Å². The molecule has 0 saturated carbocycles. The number of thioether (sulfide) groups is 1. The molecule has 0 amide bonds. The van der Waals surface area contributed by atoms with Crippen LogP contribution in [-0.4, -0.2) is 39.8 Å². The van der Waals surface area contributed by atoms with E-state index in [4.69, 9.17) is 9.84 Å². The fourth-order valence-corrected chi connectivity index (χ4v) is 3.30. The SMILES string of the molecule is COc1c(C2N[C@@H](C(=O)O)CS2)c(C)nn1C. The highest BCUT2D eigenvalue weighted by Crippen LogP contribution is 2.39. The molecular weight excluding hydrogens is 242 g/mol. The third-order valence-electron chi connectivity index (χ3n) is 2.75. The van der Waals surface area contributed by atoms with Crippen LogP contribution in [-0.2, 0) is 11.8 Å². The Morgan fingerprint density at radius 3 is 2.94 bits per heavy atom. The van der Waals surface area contributed by atoms with Crippen molar-refractivity contribution in [2.45, 2.75) is 18.3 Å². The van der Waals surface area contributed by atoms with Crippen molar-refractivity contribution >= 4 is 17.7 Å².